The predicted molar refractivity (Wildman–Crippen MR) is 99.2 cm³/mol. The number of nitrogens with zero attached hydrogens (tertiary/aromatic N) is 2. The van der Waals surface area contributed by atoms with E-state index in [-0.39, 0.29) is 11.7 Å². The van der Waals surface area contributed by atoms with Crippen molar-refractivity contribution >= 4 is 35.0 Å². The van der Waals surface area contributed by atoms with Crippen LogP contribution in [-0.2, 0) is 4.79 Å². The number of amides is 1. The van der Waals surface area contributed by atoms with E-state index in [0.29, 0.717) is 21.7 Å². The molecule has 0 atom stereocenters. The maximum atomic E-state index is 12.0. The Bertz CT molecular complexity index is 867. The number of hydrogen-bond donors (Lipinski definition) is 2. The number of ether oxygens (including phenoxy) is 1. The van der Waals surface area contributed by atoms with Gasteiger partial charge in [0.15, 0.2) is 5.82 Å². The van der Waals surface area contributed by atoms with Crippen molar-refractivity contribution in [2.75, 3.05) is 18.2 Å². The zero-order chi connectivity index (χ0) is 17.6. The molecule has 3 rings (SSSR count). The summed E-state index contributed by atoms with van der Waals surface area (Å²) in [6.07, 6.45) is 0. The minimum Gasteiger partial charge on any atom is -0.497 e. The molecule has 1 amide bonds. The molecule has 8 heteroatoms. The Morgan fingerprint density at radius 1 is 1.28 bits per heavy atom. The minimum atomic E-state index is -0.150. The third-order valence-corrected chi connectivity index (χ3v) is 4.35. The second-order valence-corrected chi connectivity index (χ2v) is 6.42. The van der Waals surface area contributed by atoms with E-state index in [9.17, 15) is 4.79 Å². The van der Waals surface area contributed by atoms with Crippen LogP contribution in [0.1, 0.15) is 0 Å². The predicted octanol–water partition coefficient (Wildman–Crippen LogP) is 3.86. The molecule has 128 valence electrons. The van der Waals surface area contributed by atoms with Crippen molar-refractivity contribution in [1.29, 1.82) is 0 Å². The van der Waals surface area contributed by atoms with Crippen LogP contribution in [0.2, 0.25) is 5.02 Å². The molecule has 0 unspecified atom stereocenters. The van der Waals surface area contributed by atoms with Gasteiger partial charge < -0.3 is 10.1 Å². The Morgan fingerprint density at radius 3 is 2.80 bits per heavy atom. The lowest BCUT2D eigenvalue weighted by atomic mass is 10.2. The molecule has 0 fully saturated rings. The molecule has 0 aliphatic heterocycles. The van der Waals surface area contributed by atoms with E-state index < -0.39 is 0 Å². The molecule has 0 bridgehead atoms. The van der Waals surface area contributed by atoms with Gasteiger partial charge in [0.1, 0.15) is 5.75 Å². The number of carbonyl (C=O) groups excluding carboxylic acids is 1. The second-order valence-electron chi connectivity index (χ2n) is 5.04. The summed E-state index contributed by atoms with van der Waals surface area (Å²) < 4.78 is 5.13. The van der Waals surface area contributed by atoms with E-state index in [4.69, 9.17) is 16.3 Å². The summed E-state index contributed by atoms with van der Waals surface area (Å²) in [6.45, 7) is 0. The van der Waals surface area contributed by atoms with Crippen LogP contribution in [0.25, 0.3) is 11.4 Å². The van der Waals surface area contributed by atoms with Gasteiger partial charge in [-0.2, -0.15) is 0 Å². The highest BCUT2D eigenvalue weighted by Crippen LogP contribution is 2.22. The Labute approximate surface area is 154 Å². The summed E-state index contributed by atoms with van der Waals surface area (Å²) in [4.78, 5) is 16.4. The SMILES string of the molecule is COc1ccc(-c2nc(SCC(=O)Nc3cccc(Cl)c3)n[nH]2)cc1. The Balaban J connectivity index is 1.56. The summed E-state index contributed by atoms with van der Waals surface area (Å²) in [5, 5.41) is 10.9. The summed E-state index contributed by atoms with van der Waals surface area (Å²) >= 11 is 7.14. The van der Waals surface area contributed by atoms with Crippen LogP contribution in [0.15, 0.2) is 53.7 Å². The Hall–Kier alpha value is -2.51. The largest absolute Gasteiger partial charge is 0.497 e. The first kappa shape index (κ1) is 17.3. The first-order chi connectivity index (χ1) is 12.1. The Morgan fingerprint density at radius 2 is 2.08 bits per heavy atom. The molecule has 1 heterocycles. The van der Waals surface area contributed by atoms with Crippen LogP contribution in [-0.4, -0.2) is 34.0 Å². The number of hydrogen-bond acceptors (Lipinski definition) is 5. The summed E-state index contributed by atoms with van der Waals surface area (Å²) in [7, 11) is 1.62. The quantitative estimate of drug-likeness (QED) is 0.640. The number of carbonyl (C=O) groups is 1. The van der Waals surface area contributed by atoms with Crippen molar-refractivity contribution in [1.82, 2.24) is 15.2 Å². The van der Waals surface area contributed by atoms with Crippen LogP contribution in [0.4, 0.5) is 5.69 Å². The maximum absolute atomic E-state index is 12.0. The second kappa shape index (κ2) is 8.04. The number of H-pyrrole nitrogens is 1. The fourth-order valence-electron chi connectivity index (χ4n) is 2.08. The molecule has 0 aliphatic carbocycles. The number of aromatic nitrogens is 3. The van der Waals surface area contributed by atoms with Gasteiger partial charge >= 0.3 is 0 Å². The van der Waals surface area contributed by atoms with Gasteiger partial charge in [-0.15, -0.1) is 5.10 Å². The number of anilines is 1. The topological polar surface area (TPSA) is 79.9 Å². The number of benzene rings is 2. The zero-order valence-electron chi connectivity index (χ0n) is 13.3. The lowest BCUT2D eigenvalue weighted by molar-refractivity contribution is -0.113. The molecule has 0 radical (unpaired) electrons. The van der Waals surface area contributed by atoms with Crippen LogP contribution >= 0.6 is 23.4 Å². The first-order valence-corrected chi connectivity index (χ1v) is 8.75. The van der Waals surface area contributed by atoms with Crippen molar-refractivity contribution < 1.29 is 9.53 Å². The van der Waals surface area contributed by atoms with Crippen LogP contribution < -0.4 is 10.1 Å². The van der Waals surface area contributed by atoms with Crippen molar-refractivity contribution in [3.8, 4) is 17.1 Å². The average molecular weight is 375 g/mol. The molecule has 0 saturated carbocycles. The first-order valence-electron chi connectivity index (χ1n) is 7.39. The molecule has 6 nitrogen and oxygen atoms in total. The van der Waals surface area contributed by atoms with Crippen molar-refractivity contribution in [2.24, 2.45) is 0 Å². The van der Waals surface area contributed by atoms with Gasteiger partial charge in [-0.1, -0.05) is 29.4 Å². The number of nitrogens with one attached hydrogen (secondary N) is 2. The molecule has 2 aromatic carbocycles. The highest BCUT2D eigenvalue weighted by Gasteiger charge is 2.09. The molecule has 0 spiro atoms. The van der Waals surface area contributed by atoms with E-state index in [1.54, 1.807) is 31.4 Å². The lowest BCUT2D eigenvalue weighted by Gasteiger charge is -2.04. The zero-order valence-corrected chi connectivity index (χ0v) is 14.9. The third kappa shape index (κ3) is 4.74. The summed E-state index contributed by atoms with van der Waals surface area (Å²) in [6, 6.07) is 14.5. The van der Waals surface area contributed by atoms with Crippen LogP contribution in [0, 0.1) is 0 Å². The maximum Gasteiger partial charge on any atom is 0.234 e. The van der Waals surface area contributed by atoms with Gasteiger partial charge in [0.25, 0.3) is 0 Å². The molecular formula is C17H15ClN4O2S. The fourth-order valence-corrected chi connectivity index (χ4v) is 2.87. The molecule has 2 N–H and O–H groups in total. The highest BCUT2D eigenvalue weighted by molar-refractivity contribution is 7.99. The normalized spacial score (nSPS) is 10.5. The van der Waals surface area contributed by atoms with Gasteiger partial charge in [0.2, 0.25) is 11.1 Å². The minimum absolute atomic E-state index is 0.150. The molecule has 1 aromatic heterocycles. The van der Waals surface area contributed by atoms with Crippen LogP contribution in [0.3, 0.4) is 0 Å². The summed E-state index contributed by atoms with van der Waals surface area (Å²) in [5.74, 6) is 1.46. The fraction of sp³-hybridized carbons (Fsp3) is 0.118. The molecule has 0 saturated heterocycles. The molecule has 25 heavy (non-hydrogen) atoms. The van der Waals surface area contributed by atoms with Gasteiger partial charge in [0, 0.05) is 16.3 Å². The number of thioether (sulfide) groups is 1. The number of rotatable bonds is 6. The van der Waals surface area contributed by atoms with Crippen molar-refractivity contribution in [2.45, 2.75) is 5.16 Å². The van der Waals surface area contributed by atoms with E-state index in [1.165, 1.54) is 11.8 Å². The Kier molecular flexibility index (Phi) is 5.57. The third-order valence-electron chi connectivity index (χ3n) is 3.27. The number of aromatic amines is 1. The van der Waals surface area contributed by atoms with Crippen LogP contribution in [0.5, 0.6) is 5.75 Å². The van der Waals surface area contributed by atoms with E-state index in [1.807, 2.05) is 24.3 Å². The van der Waals surface area contributed by atoms with E-state index in [0.717, 1.165) is 11.3 Å². The van der Waals surface area contributed by atoms with Gasteiger partial charge in [-0.25, -0.2) is 4.98 Å². The molecular weight excluding hydrogens is 360 g/mol. The lowest BCUT2D eigenvalue weighted by Crippen LogP contribution is -2.14. The smallest absolute Gasteiger partial charge is 0.234 e. The number of halogens is 1. The number of methoxy groups -OCH3 is 1. The standard InChI is InChI=1S/C17H15ClN4O2S/c1-24-14-7-5-11(6-8-14)16-20-17(22-21-16)25-10-15(23)19-13-4-2-3-12(18)9-13/h2-9H,10H2,1H3,(H,19,23)(H,20,21,22). The van der Waals surface area contributed by atoms with E-state index in [2.05, 4.69) is 20.5 Å². The summed E-state index contributed by atoms with van der Waals surface area (Å²) in [5.41, 5.74) is 1.55. The van der Waals surface area contributed by atoms with Crippen molar-refractivity contribution in [3.05, 3.63) is 53.6 Å². The van der Waals surface area contributed by atoms with E-state index >= 15 is 0 Å². The van der Waals surface area contributed by atoms with Crippen molar-refractivity contribution in [3.63, 3.8) is 0 Å². The average Bonchev–Trinajstić information content (AvgIpc) is 3.09. The molecule has 0 aliphatic rings. The molecule has 3 aromatic rings. The highest BCUT2D eigenvalue weighted by atomic mass is 35.5. The van der Waals surface area contributed by atoms with Gasteiger partial charge in [-0.3, -0.25) is 9.89 Å². The van der Waals surface area contributed by atoms with Gasteiger partial charge in [-0.05, 0) is 42.5 Å². The van der Waals surface area contributed by atoms with Gasteiger partial charge in [0.05, 0.1) is 12.9 Å². The monoisotopic (exact) mass is 374 g/mol.